The molecule has 0 amide bonds. The van der Waals surface area contributed by atoms with Crippen molar-refractivity contribution in [3.05, 3.63) is 93.5 Å². The summed E-state index contributed by atoms with van der Waals surface area (Å²) in [6, 6.07) is 12.0. The van der Waals surface area contributed by atoms with Crippen LogP contribution in [0.2, 0.25) is 0 Å². The number of ketones is 2. The molecule has 1 radical (unpaired) electrons. The van der Waals surface area contributed by atoms with Gasteiger partial charge in [0.25, 0.3) is 5.78 Å². The summed E-state index contributed by atoms with van der Waals surface area (Å²) in [6.07, 6.45) is 2.24. The standard InChI is InChI=1S/C28H20F3N2O5/c29-28(30,31)38-21-7-5-15(6-8-21)22-11-19(26(35)27(36)37)13-24(34)25(22)23-12-18-9-16-3-1-2-4-17(16)10-20(18)14-32-33-23/h1-11,14,18,23,33H,12-13H2,(H,36,37). The molecular weight excluding hydrogens is 501 g/mol. The van der Waals surface area contributed by atoms with Gasteiger partial charge in [0.2, 0.25) is 0 Å². The highest BCUT2D eigenvalue weighted by atomic mass is 19.4. The summed E-state index contributed by atoms with van der Waals surface area (Å²) in [7, 11) is 0. The number of allylic oxidation sites excluding steroid dienone is 3. The number of ether oxygens (including phenoxy) is 1. The molecular formula is C28H20F3N2O5. The Hall–Kier alpha value is -4.44. The average molecular weight is 521 g/mol. The maximum atomic E-state index is 13.4. The molecule has 2 aromatic rings. The monoisotopic (exact) mass is 521 g/mol. The van der Waals surface area contributed by atoms with Gasteiger partial charge in [0.15, 0.2) is 5.78 Å². The van der Waals surface area contributed by atoms with E-state index in [1.165, 1.54) is 18.2 Å². The van der Waals surface area contributed by atoms with Crippen LogP contribution in [-0.2, 0) is 14.4 Å². The number of hydrogen-bond donors (Lipinski definition) is 2. The van der Waals surface area contributed by atoms with Crippen LogP contribution in [0.1, 0.15) is 18.4 Å². The molecule has 7 nitrogen and oxygen atoms in total. The molecule has 5 rings (SSSR count). The number of halogens is 3. The number of nitrogens with zero attached hydrogens (tertiary/aromatic N) is 1. The molecule has 0 bridgehead atoms. The molecule has 0 spiro atoms. The summed E-state index contributed by atoms with van der Waals surface area (Å²) in [4.78, 5) is 37.0. The highest BCUT2D eigenvalue weighted by molar-refractivity contribution is 6.41. The Kier molecular flexibility index (Phi) is 6.50. The molecule has 1 aliphatic heterocycles. The molecule has 0 saturated carbocycles. The lowest BCUT2D eigenvalue weighted by atomic mass is 9.79. The number of carbonyl (C=O) groups is 3. The van der Waals surface area contributed by atoms with E-state index in [1.54, 1.807) is 6.20 Å². The molecule has 193 valence electrons. The molecule has 0 fully saturated rings. The summed E-state index contributed by atoms with van der Waals surface area (Å²) in [5.74, 6) is -3.95. The first kappa shape index (κ1) is 25.2. The topological polar surface area (TPSA) is 107 Å². The third kappa shape index (κ3) is 5.16. The van der Waals surface area contributed by atoms with E-state index >= 15 is 0 Å². The molecule has 10 heteroatoms. The van der Waals surface area contributed by atoms with Gasteiger partial charge in [0.1, 0.15) is 5.75 Å². The first-order chi connectivity index (χ1) is 18.1. The quantitative estimate of drug-likeness (QED) is 0.586. The van der Waals surface area contributed by atoms with E-state index < -0.39 is 42.1 Å². The first-order valence-electron chi connectivity index (χ1n) is 11.6. The van der Waals surface area contributed by atoms with E-state index in [-0.39, 0.29) is 22.6 Å². The zero-order chi connectivity index (χ0) is 27.0. The zero-order valence-electron chi connectivity index (χ0n) is 19.7. The summed E-state index contributed by atoms with van der Waals surface area (Å²) < 4.78 is 41.8. The molecule has 0 saturated heterocycles. The van der Waals surface area contributed by atoms with Gasteiger partial charge in [-0.25, -0.2) is 15.6 Å². The van der Waals surface area contributed by atoms with Crippen molar-refractivity contribution in [1.29, 1.82) is 0 Å². The van der Waals surface area contributed by atoms with E-state index in [0.29, 0.717) is 12.0 Å². The Bertz CT molecular complexity index is 1550. The van der Waals surface area contributed by atoms with Gasteiger partial charge in [-0.2, -0.15) is 0 Å². The fourth-order valence-electron chi connectivity index (χ4n) is 4.88. The van der Waals surface area contributed by atoms with Crippen LogP contribution >= 0.6 is 0 Å². The molecule has 3 aliphatic rings. The van der Waals surface area contributed by atoms with Gasteiger partial charge in [0, 0.05) is 29.7 Å². The average Bonchev–Trinajstić information content (AvgIpc) is 3.07. The van der Waals surface area contributed by atoms with E-state index in [2.05, 4.69) is 21.7 Å². The SMILES string of the molecule is O=C(O)C(=O)C1=CC(c2ccc(OC(F)(F)F)cc2)=C(C2CC3C=c4ccccc4=CC3=C[N]N2)C(=O)C1. The van der Waals surface area contributed by atoms with Gasteiger partial charge in [-0.3, -0.25) is 9.59 Å². The number of carboxylic acid groups (broad SMARTS) is 1. The maximum Gasteiger partial charge on any atom is 0.573 e. The van der Waals surface area contributed by atoms with Crippen LogP contribution in [0.3, 0.4) is 0 Å². The minimum Gasteiger partial charge on any atom is -0.475 e. The second-order valence-corrected chi connectivity index (χ2v) is 9.03. The predicted octanol–water partition coefficient (Wildman–Crippen LogP) is 2.55. The fraction of sp³-hybridized carbons (Fsp3) is 0.179. The number of hydrogen-bond acceptors (Lipinski definition) is 5. The van der Waals surface area contributed by atoms with Crippen LogP contribution in [0.15, 0.2) is 77.5 Å². The lowest BCUT2D eigenvalue weighted by Gasteiger charge is -2.27. The molecule has 2 N–H and O–H groups in total. The molecule has 0 aromatic heterocycles. The van der Waals surface area contributed by atoms with Crippen molar-refractivity contribution in [3.8, 4) is 5.75 Å². The first-order valence-corrected chi connectivity index (χ1v) is 11.6. The Morgan fingerprint density at radius 2 is 1.74 bits per heavy atom. The van der Waals surface area contributed by atoms with Gasteiger partial charge < -0.3 is 9.84 Å². The second kappa shape index (κ2) is 9.79. The minimum atomic E-state index is -4.88. The Labute approximate surface area is 214 Å². The Balaban J connectivity index is 1.57. The maximum absolute atomic E-state index is 13.4. The van der Waals surface area contributed by atoms with Gasteiger partial charge in [-0.15, -0.1) is 13.2 Å². The highest BCUT2D eigenvalue weighted by Crippen LogP contribution is 2.36. The van der Waals surface area contributed by atoms with Crippen LogP contribution in [0.25, 0.3) is 17.7 Å². The number of fused-ring (bicyclic) bond motifs is 2. The van der Waals surface area contributed by atoms with Gasteiger partial charge in [-0.05, 0) is 57.9 Å². The predicted molar refractivity (Wildman–Crippen MR) is 130 cm³/mol. The summed E-state index contributed by atoms with van der Waals surface area (Å²) in [5.41, 5.74) is 8.86. The lowest BCUT2D eigenvalue weighted by molar-refractivity contribution is -0.274. The largest absolute Gasteiger partial charge is 0.573 e. The van der Waals surface area contributed by atoms with Crippen LogP contribution < -0.4 is 26.0 Å². The molecule has 2 aromatic carbocycles. The summed E-state index contributed by atoms with van der Waals surface area (Å²) in [5, 5.41) is 11.3. The summed E-state index contributed by atoms with van der Waals surface area (Å²) >= 11 is 0. The lowest BCUT2D eigenvalue weighted by Crippen LogP contribution is -2.39. The van der Waals surface area contributed by atoms with Crippen molar-refractivity contribution < 1.29 is 37.4 Å². The second-order valence-electron chi connectivity index (χ2n) is 9.03. The number of nitrogens with one attached hydrogen (secondary N) is 1. The van der Waals surface area contributed by atoms with E-state index in [9.17, 15) is 32.7 Å². The van der Waals surface area contributed by atoms with Crippen molar-refractivity contribution >= 4 is 35.3 Å². The molecule has 2 atom stereocenters. The van der Waals surface area contributed by atoms with Crippen LogP contribution in [0.4, 0.5) is 13.2 Å². The molecule has 2 aliphatic carbocycles. The Morgan fingerprint density at radius 3 is 2.42 bits per heavy atom. The number of carboxylic acids is 1. The summed E-state index contributed by atoms with van der Waals surface area (Å²) in [6.45, 7) is 0. The third-order valence-electron chi connectivity index (χ3n) is 6.55. The number of rotatable bonds is 5. The highest BCUT2D eigenvalue weighted by Gasteiger charge is 2.35. The zero-order valence-corrected chi connectivity index (χ0v) is 19.7. The number of carbonyl (C=O) groups excluding carboxylic acids is 2. The van der Waals surface area contributed by atoms with E-state index in [4.69, 9.17) is 0 Å². The minimum absolute atomic E-state index is 0.0937. The van der Waals surface area contributed by atoms with E-state index in [1.807, 2.05) is 30.3 Å². The van der Waals surface area contributed by atoms with Crippen molar-refractivity contribution in [2.45, 2.75) is 25.2 Å². The van der Waals surface area contributed by atoms with Crippen LogP contribution in [0, 0.1) is 5.92 Å². The van der Waals surface area contributed by atoms with Gasteiger partial charge >= 0.3 is 12.3 Å². The van der Waals surface area contributed by atoms with E-state index in [0.717, 1.165) is 28.1 Å². The van der Waals surface area contributed by atoms with Gasteiger partial charge in [0.05, 0.1) is 6.04 Å². The number of Topliss-reactive ketones (excluding diaryl/α,β-unsaturated/α-hetero) is 2. The van der Waals surface area contributed by atoms with Crippen molar-refractivity contribution in [3.63, 3.8) is 0 Å². The normalized spacial score (nSPS) is 20.9. The number of aliphatic carboxylic acids is 1. The number of benzene rings is 2. The van der Waals surface area contributed by atoms with Gasteiger partial charge in [-0.1, -0.05) is 42.5 Å². The molecule has 1 heterocycles. The van der Waals surface area contributed by atoms with Crippen LogP contribution in [0.5, 0.6) is 5.75 Å². The molecule has 38 heavy (non-hydrogen) atoms. The third-order valence-corrected chi connectivity index (χ3v) is 6.55. The van der Waals surface area contributed by atoms with Crippen molar-refractivity contribution in [2.24, 2.45) is 5.92 Å². The smallest absolute Gasteiger partial charge is 0.475 e. The number of alkyl halides is 3. The van der Waals surface area contributed by atoms with Crippen LogP contribution in [-0.4, -0.2) is 35.0 Å². The Morgan fingerprint density at radius 1 is 1.03 bits per heavy atom. The van der Waals surface area contributed by atoms with Crippen molar-refractivity contribution in [2.75, 3.05) is 0 Å². The fourth-order valence-corrected chi connectivity index (χ4v) is 4.88. The molecule has 2 unspecified atom stereocenters. The van der Waals surface area contributed by atoms with Crippen molar-refractivity contribution in [1.82, 2.24) is 10.9 Å².